The third-order valence-electron chi connectivity index (χ3n) is 4.69. The van der Waals surface area contributed by atoms with Crippen LogP contribution in [-0.2, 0) is 9.47 Å². The molecule has 2 rings (SSSR count). The Bertz CT molecular complexity index is 249. The van der Waals surface area contributed by atoms with E-state index in [1.54, 1.807) is 0 Å². The van der Waals surface area contributed by atoms with E-state index >= 15 is 0 Å². The Balaban J connectivity index is 1.57. The zero-order valence-corrected chi connectivity index (χ0v) is 12.2. The van der Waals surface area contributed by atoms with Gasteiger partial charge in [0.05, 0.1) is 18.8 Å². The van der Waals surface area contributed by atoms with Gasteiger partial charge in [0.1, 0.15) is 0 Å². The summed E-state index contributed by atoms with van der Waals surface area (Å²) < 4.78 is 11.6. The summed E-state index contributed by atoms with van der Waals surface area (Å²) in [7, 11) is 0. The average molecular weight is 255 g/mol. The van der Waals surface area contributed by atoms with E-state index in [-0.39, 0.29) is 5.41 Å². The number of hydrogen-bond donors (Lipinski definition) is 1. The lowest BCUT2D eigenvalue weighted by Crippen LogP contribution is -2.61. The molecule has 1 N–H and O–H groups in total. The Labute approximate surface area is 112 Å². The number of ether oxygens (including phenoxy) is 2. The lowest BCUT2D eigenvalue weighted by atomic mass is 9.64. The first-order chi connectivity index (χ1) is 8.64. The summed E-state index contributed by atoms with van der Waals surface area (Å²) >= 11 is 0. The second kappa shape index (κ2) is 6.36. The Morgan fingerprint density at radius 3 is 2.50 bits per heavy atom. The third kappa shape index (κ3) is 3.25. The Morgan fingerprint density at radius 1 is 1.17 bits per heavy atom. The maximum Gasteiger partial charge on any atom is 0.0655 e. The molecule has 0 amide bonds. The summed E-state index contributed by atoms with van der Waals surface area (Å²) in [6, 6.07) is 0.584. The van der Waals surface area contributed by atoms with E-state index in [0.29, 0.717) is 18.2 Å². The van der Waals surface area contributed by atoms with Crippen LogP contribution >= 0.6 is 0 Å². The van der Waals surface area contributed by atoms with Gasteiger partial charge in [-0.05, 0) is 26.2 Å². The highest BCUT2D eigenvalue weighted by atomic mass is 16.5. The predicted molar refractivity (Wildman–Crippen MR) is 73.8 cm³/mol. The number of hydrogen-bond acceptors (Lipinski definition) is 3. The molecule has 2 saturated carbocycles. The first-order valence-corrected chi connectivity index (χ1v) is 7.61. The zero-order valence-electron chi connectivity index (χ0n) is 12.2. The van der Waals surface area contributed by atoms with Crippen LogP contribution in [0.15, 0.2) is 0 Å². The highest BCUT2D eigenvalue weighted by Gasteiger charge is 2.48. The van der Waals surface area contributed by atoms with Gasteiger partial charge in [-0.3, -0.25) is 0 Å². The highest BCUT2D eigenvalue weighted by molar-refractivity contribution is 5.02. The molecule has 0 aromatic carbocycles. The monoisotopic (exact) mass is 255 g/mol. The van der Waals surface area contributed by atoms with Gasteiger partial charge in [0.15, 0.2) is 0 Å². The van der Waals surface area contributed by atoms with E-state index in [1.165, 1.54) is 25.7 Å². The van der Waals surface area contributed by atoms with Gasteiger partial charge in [-0.2, -0.15) is 0 Å². The molecule has 3 nitrogen and oxygen atoms in total. The topological polar surface area (TPSA) is 30.5 Å². The van der Waals surface area contributed by atoms with Crippen LogP contribution in [0.5, 0.6) is 0 Å². The Hall–Kier alpha value is -0.120. The number of nitrogens with one attached hydrogen (secondary N) is 1. The van der Waals surface area contributed by atoms with E-state index < -0.39 is 0 Å². The molecule has 2 aliphatic carbocycles. The molecule has 2 aliphatic rings. The van der Waals surface area contributed by atoms with Gasteiger partial charge in [-0.1, -0.05) is 26.7 Å². The quantitative estimate of drug-likeness (QED) is 0.710. The maximum absolute atomic E-state index is 5.87. The Kier molecular flexibility index (Phi) is 5.05. The van der Waals surface area contributed by atoms with Gasteiger partial charge in [0.25, 0.3) is 0 Å². The summed E-state index contributed by atoms with van der Waals surface area (Å²) in [5.41, 5.74) is 0.267. The van der Waals surface area contributed by atoms with Crippen LogP contribution in [0, 0.1) is 5.41 Å². The lowest BCUT2D eigenvalue weighted by molar-refractivity contribution is -0.115. The molecule has 0 radical (unpaired) electrons. The Morgan fingerprint density at radius 2 is 1.89 bits per heavy atom. The van der Waals surface area contributed by atoms with Crippen molar-refractivity contribution in [1.29, 1.82) is 0 Å². The van der Waals surface area contributed by atoms with Gasteiger partial charge < -0.3 is 14.8 Å². The first-order valence-electron chi connectivity index (χ1n) is 7.61. The maximum atomic E-state index is 5.87. The van der Waals surface area contributed by atoms with Crippen LogP contribution in [0.3, 0.4) is 0 Å². The normalized spacial score (nSPS) is 31.5. The van der Waals surface area contributed by atoms with Crippen molar-refractivity contribution >= 4 is 0 Å². The summed E-state index contributed by atoms with van der Waals surface area (Å²) in [4.78, 5) is 0. The van der Waals surface area contributed by atoms with Crippen molar-refractivity contribution in [2.75, 3.05) is 19.8 Å². The van der Waals surface area contributed by atoms with Crippen LogP contribution < -0.4 is 5.32 Å². The zero-order chi connectivity index (χ0) is 13.0. The molecule has 2 atom stereocenters. The summed E-state index contributed by atoms with van der Waals surface area (Å²) in [5.74, 6) is 0. The smallest absolute Gasteiger partial charge is 0.0655 e. The number of rotatable bonds is 7. The van der Waals surface area contributed by atoms with E-state index in [1.807, 2.05) is 0 Å². The van der Waals surface area contributed by atoms with Crippen molar-refractivity contribution in [2.24, 2.45) is 5.41 Å². The molecule has 0 spiro atoms. The molecule has 2 unspecified atom stereocenters. The standard InChI is InChI=1S/C15H29NO2/c1-4-17-14-11-13(15(14,2)3)16-9-10-18-12-7-5-6-8-12/h12-14,16H,4-11H2,1-3H3. The van der Waals surface area contributed by atoms with Gasteiger partial charge in [0, 0.05) is 24.6 Å². The minimum absolute atomic E-state index is 0.267. The first kappa shape index (κ1) is 14.3. The predicted octanol–water partition coefficient (Wildman–Crippen LogP) is 2.74. The van der Waals surface area contributed by atoms with Gasteiger partial charge >= 0.3 is 0 Å². The van der Waals surface area contributed by atoms with E-state index in [9.17, 15) is 0 Å². The van der Waals surface area contributed by atoms with E-state index in [4.69, 9.17) is 9.47 Å². The van der Waals surface area contributed by atoms with Crippen molar-refractivity contribution in [1.82, 2.24) is 5.32 Å². The SMILES string of the molecule is CCOC1CC(NCCOC2CCCC2)C1(C)C. The molecular weight excluding hydrogens is 226 g/mol. The summed E-state index contributed by atoms with van der Waals surface area (Å²) in [5, 5.41) is 3.62. The summed E-state index contributed by atoms with van der Waals surface area (Å²) in [6.07, 6.45) is 7.34. The fourth-order valence-electron chi connectivity index (χ4n) is 3.23. The van der Waals surface area contributed by atoms with E-state index in [0.717, 1.165) is 26.2 Å². The van der Waals surface area contributed by atoms with Gasteiger partial charge in [-0.15, -0.1) is 0 Å². The highest BCUT2D eigenvalue weighted by Crippen LogP contribution is 2.42. The molecule has 106 valence electrons. The third-order valence-corrected chi connectivity index (χ3v) is 4.69. The molecule has 2 fully saturated rings. The molecule has 0 aromatic rings. The molecule has 0 saturated heterocycles. The van der Waals surface area contributed by atoms with Crippen LogP contribution in [-0.4, -0.2) is 38.0 Å². The van der Waals surface area contributed by atoms with Crippen molar-refractivity contribution in [3.05, 3.63) is 0 Å². The fraction of sp³-hybridized carbons (Fsp3) is 1.00. The van der Waals surface area contributed by atoms with Crippen molar-refractivity contribution in [3.63, 3.8) is 0 Å². The van der Waals surface area contributed by atoms with Crippen LogP contribution in [0.1, 0.15) is 52.9 Å². The van der Waals surface area contributed by atoms with Gasteiger partial charge in [0.2, 0.25) is 0 Å². The van der Waals surface area contributed by atoms with Gasteiger partial charge in [-0.25, -0.2) is 0 Å². The molecule has 18 heavy (non-hydrogen) atoms. The minimum Gasteiger partial charge on any atom is -0.378 e. The van der Waals surface area contributed by atoms with Crippen molar-refractivity contribution in [2.45, 2.75) is 71.1 Å². The molecule has 3 heteroatoms. The second-order valence-corrected chi connectivity index (χ2v) is 6.29. The molecule has 0 aliphatic heterocycles. The van der Waals surface area contributed by atoms with Crippen molar-refractivity contribution in [3.8, 4) is 0 Å². The molecule has 0 bridgehead atoms. The van der Waals surface area contributed by atoms with Crippen LogP contribution in [0.25, 0.3) is 0 Å². The molecular formula is C15H29NO2. The van der Waals surface area contributed by atoms with Crippen LogP contribution in [0.4, 0.5) is 0 Å². The molecule has 0 heterocycles. The fourth-order valence-corrected chi connectivity index (χ4v) is 3.23. The summed E-state index contributed by atoms with van der Waals surface area (Å²) in [6.45, 7) is 9.33. The minimum atomic E-state index is 0.267. The molecule has 0 aromatic heterocycles. The van der Waals surface area contributed by atoms with Crippen molar-refractivity contribution < 1.29 is 9.47 Å². The van der Waals surface area contributed by atoms with Crippen LogP contribution in [0.2, 0.25) is 0 Å². The second-order valence-electron chi connectivity index (χ2n) is 6.29. The van der Waals surface area contributed by atoms with E-state index in [2.05, 4.69) is 26.1 Å². The largest absolute Gasteiger partial charge is 0.378 e. The average Bonchev–Trinajstić information content (AvgIpc) is 2.84. The lowest BCUT2D eigenvalue weighted by Gasteiger charge is -2.52.